The molecular weight excluding hydrogens is 366 g/mol. The van der Waals surface area contributed by atoms with Crippen LogP contribution >= 0.6 is 0 Å². The van der Waals surface area contributed by atoms with Crippen LogP contribution in [-0.2, 0) is 22.7 Å². The van der Waals surface area contributed by atoms with Crippen molar-refractivity contribution in [2.24, 2.45) is 0 Å². The van der Waals surface area contributed by atoms with E-state index in [-0.39, 0.29) is 24.8 Å². The molecule has 2 aliphatic rings. The summed E-state index contributed by atoms with van der Waals surface area (Å²) < 4.78 is 5.64. The summed E-state index contributed by atoms with van der Waals surface area (Å²) in [7, 11) is 0. The number of hydrogen-bond acceptors (Lipinski definition) is 4. The number of rotatable bonds is 6. The minimum Gasteiger partial charge on any atom is -0.491 e. The van der Waals surface area contributed by atoms with Crippen molar-refractivity contribution in [2.45, 2.75) is 32.4 Å². The zero-order valence-electron chi connectivity index (χ0n) is 16.6. The van der Waals surface area contributed by atoms with Gasteiger partial charge in [-0.05, 0) is 49.2 Å². The number of hydrogen-bond donors (Lipinski definition) is 1. The van der Waals surface area contributed by atoms with E-state index in [0.717, 1.165) is 25.2 Å². The first-order valence-corrected chi connectivity index (χ1v) is 10.3. The number of nitrogens with zero attached hydrogens (tertiary/aromatic N) is 2. The van der Waals surface area contributed by atoms with E-state index in [0.29, 0.717) is 24.6 Å². The van der Waals surface area contributed by atoms with Crippen molar-refractivity contribution in [3.63, 3.8) is 0 Å². The maximum Gasteiger partial charge on any atom is 0.240 e. The Balaban J connectivity index is 1.40. The molecule has 0 aliphatic carbocycles. The molecule has 6 heteroatoms. The SMILES string of the molecule is O=C(CN1C(=O)CCOc2ccccc21)NCc1ccccc1CN1CCCC1. The van der Waals surface area contributed by atoms with Crippen molar-refractivity contribution in [3.05, 3.63) is 59.7 Å². The van der Waals surface area contributed by atoms with Crippen LogP contribution in [0.3, 0.4) is 0 Å². The van der Waals surface area contributed by atoms with Crippen LogP contribution in [0.5, 0.6) is 5.75 Å². The summed E-state index contributed by atoms with van der Waals surface area (Å²) in [5.41, 5.74) is 3.03. The highest BCUT2D eigenvalue weighted by Crippen LogP contribution is 2.30. The van der Waals surface area contributed by atoms with Crippen LogP contribution in [0.2, 0.25) is 0 Å². The van der Waals surface area contributed by atoms with Crippen LogP contribution in [0, 0.1) is 0 Å². The van der Waals surface area contributed by atoms with Crippen LogP contribution in [0.15, 0.2) is 48.5 Å². The van der Waals surface area contributed by atoms with E-state index in [2.05, 4.69) is 22.3 Å². The van der Waals surface area contributed by atoms with Gasteiger partial charge in [0.15, 0.2) is 0 Å². The molecule has 1 N–H and O–H groups in total. The molecule has 0 saturated carbocycles. The predicted molar refractivity (Wildman–Crippen MR) is 112 cm³/mol. The Morgan fingerprint density at radius 2 is 1.72 bits per heavy atom. The van der Waals surface area contributed by atoms with Crippen LogP contribution < -0.4 is 15.0 Å². The van der Waals surface area contributed by atoms with Gasteiger partial charge in [0, 0.05) is 13.1 Å². The van der Waals surface area contributed by atoms with Crippen molar-refractivity contribution in [1.82, 2.24) is 10.2 Å². The summed E-state index contributed by atoms with van der Waals surface area (Å²) in [5, 5.41) is 2.99. The molecule has 4 rings (SSSR count). The van der Waals surface area contributed by atoms with Crippen molar-refractivity contribution in [2.75, 3.05) is 31.1 Å². The molecule has 2 heterocycles. The topological polar surface area (TPSA) is 61.9 Å². The number of anilines is 1. The van der Waals surface area contributed by atoms with E-state index in [4.69, 9.17) is 4.74 Å². The predicted octanol–water partition coefficient (Wildman–Crippen LogP) is 2.71. The summed E-state index contributed by atoms with van der Waals surface area (Å²) in [6.45, 7) is 3.98. The standard InChI is InChI=1S/C23H27N3O3/c27-22(17-26-20-9-3-4-10-21(20)29-14-11-23(26)28)24-15-18-7-1-2-8-19(18)16-25-12-5-6-13-25/h1-4,7-10H,5-6,11-17H2,(H,24,27). The van der Waals surface area contributed by atoms with Gasteiger partial charge in [0.05, 0.1) is 18.7 Å². The Kier molecular flexibility index (Phi) is 6.10. The highest BCUT2D eigenvalue weighted by molar-refractivity contribution is 6.00. The lowest BCUT2D eigenvalue weighted by atomic mass is 10.1. The zero-order chi connectivity index (χ0) is 20.1. The molecule has 2 aromatic rings. The van der Waals surface area contributed by atoms with Crippen molar-refractivity contribution < 1.29 is 14.3 Å². The second-order valence-electron chi connectivity index (χ2n) is 7.57. The van der Waals surface area contributed by atoms with Crippen molar-refractivity contribution in [3.8, 4) is 5.75 Å². The van der Waals surface area contributed by atoms with E-state index >= 15 is 0 Å². The summed E-state index contributed by atoms with van der Waals surface area (Å²) in [5.74, 6) is 0.368. The second-order valence-corrected chi connectivity index (χ2v) is 7.57. The van der Waals surface area contributed by atoms with Gasteiger partial charge < -0.3 is 10.1 Å². The number of nitrogens with one attached hydrogen (secondary N) is 1. The summed E-state index contributed by atoms with van der Waals surface area (Å²) in [6, 6.07) is 15.6. The molecule has 0 bridgehead atoms. The van der Waals surface area contributed by atoms with Crippen LogP contribution in [0.4, 0.5) is 5.69 Å². The number of carbonyl (C=O) groups is 2. The Hall–Kier alpha value is -2.86. The van der Waals surface area contributed by atoms with Crippen molar-refractivity contribution in [1.29, 1.82) is 0 Å². The molecule has 2 amide bonds. The molecule has 0 aromatic heterocycles. The number of likely N-dealkylation sites (tertiary alicyclic amines) is 1. The second kappa shape index (κ2) is 9.09. The lowest BCUT2D eigenvalue weighted by molar-refractivity contribution is -0.124. The third kappa shape index (κ3) is 4.77. The number of amides is 2. The first-order chi connectivity index (χ1) is 14.2. The Morgan fingerprint density at radius 3 is 2.55 bits per heavy atom. The Bertz CT molecular complexity index is 877. The first-order valence-electron chi connectivity index (χ1n) is 10.3. The lowest BCUT2D eigenvalue weighted by Gasteiger charge is -2.22. The largest absolute Gasteiger partial charge is 0.491 e. The summed E-state index contributed by atoms with van der Waals surface area (Å²) in [4.78, 5) is 29.1. The first kappa shape index (κ1) is 19.5. The van der Waals surface area contributed by atoms with Gasteiger partial charge in [-0.1, -0.05) is 36.4 Å². The molecule has 6 nitrogen and oxygen atoms in total. The van der Waals surface area contributed by atoms with Gasteiger partial charge in [-0.15, -0.1) is 0 Å². The number of benzene rings is 2. The molecule has 0 atom stereocenters. The van der Waals surface area contributed by atoms with Crippen LogP contribution in [0.25, 0.3) is 0 Å². The molecule has 0 unspecified atom stereocenters. The fraction of sp³-hybridized carbons (Fsp3) is 0.391. The minimum atomic E-state index is -0.175. The third-order valence-electron chi connectivity index (χ3n) is 5.52. The minimum absolute atomic E-state index is 0.00645. The normalized spacial score (nSPS) is 16.8. The highest BCUT2D eigenvalue weighted by Gasteiger charge is 2.25. The molecule has 0 radical (unpaired) electrons. The fourth-order valence-corrected chi connectivity index (χ4v) is 3.95. The third-order valence-corrected chi connectivity index (χ3v) is 5.52. The molecule has 152 valence electrons. The summed E-state index contributed by atoms with van der Waals surface area (Å²) in [6.07, 6.45) is 2.78. The van der Waals surface area contributed by atoms with Gasteiger partial charge >= 0.3 is 0 Å². The smallest absolute Gasteiger partial charge is 0.240 e. The highest BCUT2D eigenvalue weighted by atomic mass is 16.5. The number of carbonyl (C=O) groups excluding carboxylic acids is 2. The number of fused-ring (bicyclic) bond motifs is 1. The van der Waals surface area contributed by atoms with Crippen molar-refractivity contribution >= 4 is 17.5 Å². The quantitative estimate of drug-likeness (QED) is 0.820. The number of para-hydroxylation sites is 2. The Labute approximate surface area is 171 Å². The van der Waals surface area contributed by atoms with E-state index in [1.54, 1.807) is 0 Å². The van der Waals surface area contributed by atoms with Gasteiger partial charge in [0.25, 0.3) is 0 Å². The van der Waals surface area contributed by atoms with Gasteiger partial charge in [-0.2, -0.15) is 0 Å². The fourth-order valence-electron chi connectivity index (χ4n) is 3.95. The molecule has 2 aliphatic heterocycles. The van der Waals surface area contributed by atoms with Crippen LogP contribution in [0.1, 0.15) is 30.4 Å². The Morgan fingerprint density at radius 1 is 1.00 bits per heavy atom. The zero-order valence-corrected chi connectivity index (χ0v) is 16.6. The maximum absolute atomic E-state index is 12.7. The molecule has 29 heavy (non-hydrogen) atoms. The van der Waals surface area contributed by atoms with Crippen LogP contribution in [-0.4, -0.2) is 43.0 Å². The monoisotopic (exact) mass is 393 g/mol. The molecule has 1 saturated heterocycles. The van der Waals surface area contributed by atoms with Gasteiger partial charge in [-0.25, -0.2) is 0 Å². The van der Waals surface area contributed by atoms with Gasteiger partial charge in [0.2, 0.25) is 11.8 Å². The van der Waals surface area contributed by atoms with E-state index in [1.807, 2.05) is 36.4 Å². The van der Waals surface area contributed by atoms with E-state index in [9.17, 15) is 9.59 Å². The van der Waals surface area contributed by atoms with E-state index in [1.165, 1.54) is 23.3 Å². The molecular formula is C23H27N3O3. The lowest BCUT2D eigenvalue weighted by Crippen LogP contribution is -2.40. The molecule has 0 spiro atoms. The molecule has 2 aromatic carbocycles. The van der Waals surface area contributed by atoms with Gasteiger partial charge in [-0.3, -0.25) is 19.4 Å². The van der Waals surface area contributed by atoms with E-state index < -0.39 is 0 Å². The maximum atomic E-state index is 12.7. The average Bonchev–Trinajstić information content (AvgIpc) is 3.19. The molecule has 1 fully saturated rings. The average molecular weight is 393 g/mol. The van der Waals surface area contributed by atoms with Gasteiger partial charge in [0.1, 0.15) is 12.3 Å². The summed E-state index contributed by atoms with van der Waals surface area (Å²) >= 11 is 0. The number of ether oxygens (including phenoxy) is 1.